The molecule has 1 amide bonds. The van der Waals surface area contributed by atoms with Gasteiger partial charge in [-0.3, -0.25) is 9.69 Å². The fraction of sp³-hybridized carbons (Fsp3) is 0.611. The van der Waals surface area contributed by atoms with Crippen LogP contribution in [0.5, 0.6) is 5.75 Å². The molecule has 2 rings (SSSR count). The second-order valence-corrected chi connectivity index (χ2v) is 6.00. The Hall–Kier alpha value is -1.79. The number of hydrogen-bond acceptors (Lipinski definition) is 5. The highest BCUT2D eigenvalue weighted by Crippen LogP contribution is 2.19. The van der Waals surface area contributed by atoms with E-state index in [9.17, 15) is 4.79 Å². The van der Waals surface area contributed by atoms with E-state index in [1.54, 1.807) is 14.2 Å². The summed E-state index contributed by atoms with van der Waals surface area (Å²) in [5, 5.41) is 3.34. The predicted octanol–water partition coefficient (Wildman–Crippen LogP) is 1.68. The maximum Gasteiger partial charge on any atom is 0.245 e. The summed E-state index contributed by atoms with van der Waals surface area (Å²) in [4.78, 5) is 17.1. The first kappa shape index (κ1) is 18.5. The van der Waals surface area contributed by atoms with Gasteiger partial charge in [0.2, 0.25) is 5.91 Å². The summed E-state index contributed by atoms with van der Waals surface area (Å²) in [6.45, 7) is 7.07. The zero-order valence-electron chi connectivity index (χ0n) is 15.0. The van der Waals surface area contributed by atoms with E-state index in [1.807, 2.05) is 36.1 Å². The Labute approximate surface area is 144 Å². The van der Waals surface area contributed by atoms with Gasteiger partial charge in [0.1, 0.15) is 11.8 Å². The van der Waals surface area contributed by atoms with Crippen LogP contribution in [-0.4, -0.2) is 75.3 Å². The van der Waals surface area contributed by atoms with E-state index in [2.05, 4.69) is 10.2 Å². The molecule has 1 heterocycles. The smallest absolute Gasteiger partial charge is 0.245 e. The van der Waals surface area contributed by atoms with Gasteiger partial charge in [0.05, 0.1) is 13.7 Å². The SMILES string of the molecule is CC[C@@H](Nc1cccc(OC)c1)C(=O)N1CCN(CCOC)CC1. The minimum atomic E-state index is -0.206. The van der Waals surface area contributed by atoms with E-state index in [-0.39, 0.29) is 11.9 Å². The van der Waals surface area contributed by atoms with Gasteiger partial charge in [-0.25, -0.2) is 0 Å². The number of carbonyl (C=O) groups is 1. The van der Waals surface area contributed by atoms with Crippen LogP contribution in [0, 0.1) is 0 Å². The minimum absolute atomic E-state index is 0.173. The summed E-state index contributed by atoms with van der Waals surface area (Å²) < 4.78 is 10.4. The molecule has 1 aliphatic rings. The van der Waals surface area contributed by atoms with Crippen LogP contribution in [0.1, 0.15) is 13.3 Å². The first-order chi connectivity index (χ1) is 11.7. The summed E-state index contributed by atoms with van der Waals surface area (Å²) >= 11 is 0. The van der Waals surface area contributed by atoms with Crippen LogP contribution in [0.3, 0.4) is 0 Å². The predicted molar refractivity (Wildman–Crippen MR) is 95.6 cm³/mol. The van der Waals surface area contributed by atoms with Gasteiger partial charge in [0, 0.05) is 51.6 Å². The Kier molecular flexibility index (Phi) is 7.34. The third kappa shape index (κ3) is 5.11. The van der Waals surface area contributed by atoms with Crippen molar-refractivity contribution in [3.8, 4) is 5.75 Å². The van der Waals surface area contributed by atoms with Crippen LogP contribution in [0.4, 0.5) is 5.69 Å². The van der Waals surface area contributed by atoms with E-state index < -0.39 is 0 Å². The molecule has 6 nitrogen and oxygen atoms in total. The summed E-state index contributed by atoms with van der Waals surface area (Å²) in [5.41, 5.74) is 0.910. The van der Waals surface area contributed by atoms with Gasteiger partial charge in [-0.05, 0) is 18.6 Å². The molecule has 0 radical (unpaired) electrons. The van der Waals surface area contributed by atoms with Crippen LogP contribution >= 0.6 is 0 Å². The number of ether oxygens (including phenoxy) is 2. The lowest BCUT2D eigenvalue weighted by molar-refractivity contribution is -0.133. The molecule has 1 fully saturated rings. The van der Waals surface area contributed by atoms with E-state index in [4.69, 9.17) is 9.47 Å². The van der Waals surface area contributed by atoms with Gasteiger partial charge in [0.15, 0.2) is 0 Å². The maximum absolute atomic E-state index is 12.8. The van der Waals surface area contributed by atoms with Gasteiger partial charge < -0.3 is 19.7 Å². The van der Waals surface area contributed by atoms with E-state index in [1.165, 1.54) is 0 Å². The van der Waals surface area contributed by atoms with Crippen LogP contribution < -0.4 is 10.1 Å². The zero-order chi connectivity index (χ0) is 17.4. The van der Waals surface area contributed by atoms with Crippen molar-refractivity contribution in [3.63, 3.8) is 0 Å². The van der Waals surface area contributed by atoms with Gasteiger partial charge in [-0.15, -0.1) is 0 Å². The highest BCUT2D eigenvalue weighted by molar-refractivity contribution is 5.84. The quantitative estimate of drug-likeness (QED) is 0.783. The lowest BCUT2D eigenvalue weighted by atomic mass is 10.1. The first-order valence-electron chi connectivity index (χ1n) is 8.58. The Bertz CT molecular complexity index is 516. The number of amides is 1. The number of rotatable bonds is 8. The normalized spacial score (nSPS) is 16.7. The molecular formula is C18H29N3O3. The average molecular weight is 335 g/mol. The summed E-state index contributed by atoms with van der Waals surface area (Å²) in [6.07, 6.45) is 0.750. The van der Waals surface area contributed by atoms with Gasteiger partial charge >= 0.3 is 0 Å². The van der Waals surface area contributed by atoms with Gasteiger partial charge in [-0.1, -0.05) is 13.0 Å². The minimum Gasteiger partial charge on any atom is -0.497 e. The Morgan fingerprint density at radius 2 is 2.00 bits per heavy atom. The molecule has 134 valence electrons. The molecule has 24 heavy (non-hydrogen) atoms. The molecule has 0 unspecified atom stereocenters. The third-order valence-corrected chi connectivity index (χ3v) is 4.41. The largest absolute Gasteiger partial charge is 0.497 e. The van der Waals surface area contributed by atoms with Crippen LogP contribution in [0.2, 0.25) is 0 Å². The van der Waals surface area contributed by atoms with Crippen molar-refractivity contribution in [1.82, 2.24) is 9.80 Å². The van der Waals surface area contributed by atoms with E-state index in [0.29, 0.717) is 0 Å². The molecule has 1 aliphatic heterocycles. The second-order valence-electron chi connectivity index (χ2n) is 6.00. The standard InChI is InChI=1S/C18H29N3O3/c1-4-17(19-15-6-5-7-16(14-15)24-3)18(22)21-10-8-20(9-11-21)12-13-23-2/h5-7,14,17,19H,4,8-13H2,1-3H3/t17-/m1/s1. The zero-order valence-corrected chi connectivity index (χ0v) is 15.0. The van der Waals surface area contributed by atoms with Gasteiger partial charge in [0.25, 0.3) is 0 Å². The molecule has 6 heteroatoms. The Morgan fingerprint density at radius 1 is 1.25 bits per heavy atom. The van der Waals surface area contributed by atoms with Crippen molar-refractivity contribution < 1.29 is 14.3 Å². The number of benzene rings is 1. The third-order valence-electron chi connectivity index (χ3n) is 4.41. The van der Waals surface area contributed by atoms with E-state index in [0.717, 1.165) is 57.2 Å². The van der Waals surface area contributed by atoms with Crippen molar-refractivity contribution >= 4 is 11.6 Å². The molecule has 0 aromatic heterocycles. The summed E-state index contributed by atoms with van der Waals surface area (Å²) in [6, 6.07) is 7.49. The average Bonchev–Trinajstić information content (AvgIpc) is 2.64. The molecule has 1 atom stereocenters. The molecule has 1 N–H and O–H groups in total. The van der Waals surface area contributed by atoms with E-state index >= 15 is 0 Å². The topological polar surface area (TPSA) is 54.0 Å². The molecule has 1 aromatic carbocycles. The number of methoxy groups -OCH3 is 2. The monoisotopic (exact) mass is 335 g/mol. The van der Waals surface area contributed by atoms with Crippen molar-refractivity contribution in [2.45, 2.75) is 19.4 Å². The summed E-state index contributed by atoms with van der Waals surface area (Å²) in [7, 11) is 3.36. The summed E-state index contributed by atoms with van der Waals surface area (Å²) in [5.74, 6) is 0.959. The molecule has 0 bridgehead atoms. The number of piperazine rings is 1. The lowest BCUT2D eigenvalue weighted by Gasteiger charge is -2.36. The highest BCUT2D eigenvalue weighted by Gasteiger charge is 2.26. The molecule has 1 saturated heterocycles. The Balaban J connectivity index is 1.89. The number of carbonyl (C=O) groups excluding carboxylic acids is 1. The number of nitrogens with zero attached hydrogens (tertiary/aromatic N) is 2. The van der Waals surface area contributed by atoms with Crippen molar-refractivity contribution in [2.75, 3.05) is 58.9 Å². The first-order valence-corrected chi connectivity index (χ1v) is 8.58. The number of nitrogens with one attached hydrogen (secondary N) is 1. The molecule has 0 aliphatic carbocycles. The number of anilines is 1. The fourth-order valence-corrected chi connectivity index (χ4v) is 2.89. The Morgan fingerprint density at radius 3 is 2.62 bits per heavy atom. The highest BCUT2D eigenvalue weighted by atomic mass is 16.5. The van der Waals surface area contributed by atoms with Gasteiger partial charge in [-0.2, -0.15) is 0 Å². The van der Waals surface area contributed by atoms with Crippen LogP contribution in [0.15, 0.2) is 24.3 Å². The fourth-order valence-electron chi connectivity index (χ4n) is 2.89. The van der Waals surface area contributed by atoms with Crippen LogP contribution in [0.25, 0.3) is 0 Å². The second kappa shape index (κ2) is 9.49. The molecular weight excluding hydrogens is 306 g/mol. The maximum atomic E-state index is 12.8. The van der Waals surface area contributed by atoms with Crippen LogP contribution in [-0.2, 0) is 9.53 Å². The van der Waals surface area contributed by atoms with Crippen molar-refractivity contribution in [1.29, 1.82) is 0 Å². The van der Waals surface area contributed by atoms with Crippen molar-refractivity contribution in [3.05, 3.63) is 24.3 Å². The molecule has 1 aromatic rings. The number of hydrogen-bond donors (Lipinski definition) is 1. The van der Waals surface area contributed by atoms with Crippen molar-refractivity contribution in [2.24, 2.45) is 0 Å². The lowest BCUT2D eigenvalue weighted by Crippen LogP contribution is -2.53. The molecule has 0 saturated carbocycles. The molecule has 0 spiro atoms.